The molecular formula is C15H34N2O. The van der Waals surface area contributed by atoms with Crippen LogP contribution in [0.2, 0.25) is 0 Å². The number of rotatable bonds is 14. The molecular weight excluding hydrogens is 224 g/mol. The molecule has 0 radical (unpaired) electrons. The van der Waals surface area contributed by atoms with Crippen molar-refractivity contribution < 1.29 is 4.74 Å². The van der Waals surface area contributed by atoms with Crippen LogP contribution in [0.15, 0.2) is 0 Å². The van der Waals surface area contributed by atoms with Gasteiger partial charge in [0.05, 0.1) is 0 Å². The molecule has 0 aromatic carbocycles. The highest BCUT2D eigenvalue weighted by molar-refractivity contribution is 4.60. The van der Waals surface area contributed by atoms with Crippen molar-refractivity contribution in [3.05, 3.63) is 0 Å². The van der Waals surface area contributed by atoms with Gasteiger partial charge >= 0.3 is 0 Å². The average molecular weight is 258 g/mol. The van der Waals surface area contributed by atoms with Gasteiger partial charge in [-0.25, -0.2) is 0 Å². The first kappa shape index (κ1) is 17.9. The third-order valence-electron chi connectivity index (χ3n) is 3.31. The van der Waals surface area contributed by atoms with Crippen molar-refractivity contribution in [2.45, 2.75) is 77.2 Å². The molecule has 0 aromatic rings. The maximum Gasteiger partial charge on any atom is 0.0480 e. The lowest BCUT2D eigenvalue weighted by atomic mass is 10.1. The summed E-state index contributed by atoms with van der Waals surface area (Å²) in [5, 5.41) is 0. The van der Waals surface area contributed by atoms with Gasteiger partial charge in [-0.05, 0) is 25.8 Å². The average Bonchev–Trinajstić information content (AvgIpc) is 2.36. The molecule has 0 fully saturated rings. The second-order valence-corrected chi connectivity index (χ2v) is 5.21. The molecule has 3 heteroatoms. The summed E-state index contributed by atoms with van der Waals surface area (Å²) in [5.41, 5.74) is 11.3. The molecule has 0 bridgehead atoms. The van der Waals surface area contributed by atoms with Crippen LogP contribution in [0.25, 0.3) is 0 Å². The van der Waals surface area contributed by atoms with E-state index in [1.54, 1.807) is 0 Å². The molecule has 18 heavy (non-hydrogen) atoms. The first-order valence-corrected chi connectivity index (χ1v) is 7.84. The summed E-state index contributed by atoms with van der Waals surface area (Å²) in [4.78, 5) is 0. The summed E-state index contributed by atoms with van der Waals surface area (Å²) in [6.45, 7) is 4.62. The molecule has 0 aromatic heterocycles. The van der Waals surface area contributed by atoms with E-state index in [4.69, 9.17) is 16.2 Å². The van der Waals surface area contributed by atoms with Crippen molar-refractivity contribution in [2.24, 2.45) is 11.5 Å². The Bertz CT molecular complexity index is 153. The fourth-order valence-electron chi connectivity index (χ4n) is 2.03. The van der Waals surface area contributed by atoms with Crippen molar-refractivity contribution >= 4 is 0 Å². The van der Waals surface area contributed by atoms with Gasteiger partial charge < -0.3 is 16.2 Å². The Balaban J connectivity index is 2.98. The van der Waals surface area contributed by atoms with E-state index in [1.165, 1.54) is 51.4 Å². The number of hydrogen-bond acceptors (Lipinski definition) is 3. The highest BCUT2D eigenvalue weighted by Crippen LogP contribution is 2.08. The second-order valence-electron chi connectivity index (χ2n) is 5.21. The van der Waals surface area contributed by atoms with Gasteiger partial charge in [0.15, 0.2) is 0 Å². The Labute approximate surface area is 114 Å². The van der Waals surface area contributed by atoms with Crippen molar-refractivity contribution in [3.8, 4) is 0 Å². The molecule has 0 saturated heterocycles. The van der Waals surface area contributed by atoms with E-state index >= 15 is 0 Å². The molecule has 1 unspecified atom stereocenters. The monoisotopic (exact) mass is 258 g/mol. The molecule has 0 spiro atoms. The van der Waals surface area contributed by atoms with Crippen LogP contribution in [-0.4, -0.2) is 25.8 Å². The lowest BCUT2D eigenvalue weighted by molar-refractivity contribution is 0.122. The quantitative estimate of drug-likeness (QED) is 0.470. The molecule has 0 aliphatic rings. The summed E-state index contributed by atoms with van der Waals surface area (Å²) < 4.78 is 5.57. The van der Waals surface area contributed by atoms with E-state index in [0.717, 1.165) is 26.1 Å². The third-order valence-corrected chi connectivity index (χ3v) is 3.31. The summed E-state index contributed by atoms with van der Waals surface area (Å²) in [5.74, 6) is 0. The van der Waals surface area contributed by atoms with Crippen LogP contribution in [0.1, 0.15) is 71.1 Å². The van der Waals surface area contributed by atoms with Crippen molar-refractivity contribution in [2.75, 3.05) is 19.8 Å². The fourth-order valence-corrected chi connectivity index (χ4v) is 2.03. The van der Waals surface area contributed by atoms with Crippen LogP contribution >= 0.6 is 0 Å². The number of unbranched alkanes of at least 4 members (excludes halogenated alkanes) is 7. The molecule has 0 aliphatic heterocycles. The van der Waals surface area contributed by atoms with Crippen LogP contribution in [0.3, 0.4) is 0 Å². The second kappa shape index (κ2) is 14.9. The molecule has 0 rings (SSSR count). The fraction of sp³-hybridized carbons (Fsp3) is 1.00. The van der Waals surface area contributed by atoms with Crippen molar-refractivity contribution in [1.82, 2.24) is 0 Å². The lowest BCUT2D eigenvalue weighted by Gasteiger charge is -2.10. The van der Waals surface area contributed by atoms with Crippen LogP contribution in [0.4, 0.5) is 0 Å². The molecule has 4 N–H and O–H groups in total. The molecule has 0 aliphatic carbocycles. The zero-order valence-corrected chi connectivity index (χ0v) is 12.3. The van der Waals surface area contributed by atoms with Gasteiger partial charge in [0.1, 0.15) is 0 Å². The van der Waals surface area contributed by atoms with Crippen LogP contribution in [-0.2, 0) is 4.74 Å². The van der Waals surface area contributed by atoms with Crippen LogP contribution in [0.5, 0.6) is 0 Å². The van der Waals surface area contributed by atoms with Crippen molar-refractivity contribution in [1.29, 1.82) is 0 Å². The summed E-state index contributed by atoms with van der Waals surface area (Å²) in [6, 6.07) is 0.216. The molecule has 1 atom stereocenters. The molecule has 0 saturated carbocycles. The van der Waals surface area contributed by atoms with E-state index in [0.29, 0.717) is 6.54 Å². The Morgan fingerprint density at radius 1 is 0.833 bits per heavy atom. The van der Waals surface area contributed by atoms with Crippen molar-refractivity contribution in [3.63, 3.8) is 0 Å². The van der Waals surface area contributed by atoms with E-state index < -0.39 is 0 Å². The smallest absolute Gasteiger partial charge is 0.0480 e. The first-order chi connectivity index (χ1) is 8.81. The third kappa shape index (κ3) is 13.9. The molecule has 110 valence electrons. The Morgan fingerprint density at radius 2 is 1.44 bits per heavy atom. The van der Waals surface area contributed by atoms with E-state index in [1.807, 2.05) is 0 Å². The predicted molar refractivity (Wildman–Crippen MR) is 79.7 cm³/mol. The Kier molecular flexibility index (Phi) is 14.8. The lowest BCUT2D eigenvalue weighted by Crippen LogP contribution is -2.25. The maximum atomic E-state index is 5.84. The minimum atomic E-state index is 0.216. The maximum absolute atomic E-state index is 5.84. The van der Waals surface area contributed by atoms with E-state index in [2.05, 4.69) is 6.92 Å². The normalized spacial score (nSPS) is 12.8. The highest BCUT2D eigenvalue weighted by Gasteiger charge is 2.00. The van der Waals surface area contributed by atoms with E-state index in [9.17, 15) is 0 Å². The van der Waals surface area contributed by atoms with Gasteiger partial charge in [0, 0.05) is 19.3 Å². The van der Waals surface area contributed by atoms with Crippen LogP contribution in [0, 0.1) is 0 Å². The zero-order valence-electron chi connectivity index (χ0n) is 12.3. The van der Waals surface area contributed by atoms with E-state index in [-0.39, 0.29) is 6.04 Å². The van der Waals surface area contributed by atoms with Gasteiger partial charge in [-0.1, -0.05) is 51.9 Å². The van der Waals surface area contributed by atoms with Gasteiger partial charge in [-0.15, -0.1) is 0 Å². The SMILES string of the molecule is CCCCCCCCCCOCCC(N)CCN. The van der Waals surface area contributed by atoms with Crippen LogP contribution < -0.4 is 11.5 Å². The van der Waals surface area contributed by atoms with Gasteiger partial charge in [-0.2, -0.15) is 0 Å². The summed E-state index contributed by atoms with van der Waals surface area (Å²) >= 11 is 0. The Morgan fingerprint density at radius 3 is 2.06 bits per heavy atom. The molecule has 0 heterocycles. The number of ether oxygens (including phenoxy) is 1. The first-order valence-electron chi connectivity index (χ1n) is 7.84. The highest BCUT2D eigenvalue weighted by atomic mass is 16.5. The molecule has 3 nitrogen and oxygen atoms in total. The van der Waals surface area contributed by atoms with Gasteiger partial charge in [-0.3, -0.25) is 0 Å². The van der Waals surface area contributed by atoms with Gasteiger partial charge in [0.2, 0.25) is 0 Å². The standard InChI is InChI=1S/C15H34N2O/c1-2-3-4-5-6-7-8-9-13-18-14-11-15(17)10-12-16/h15H,2-14,16-17H2,1H3. The Hall–Kier alpha value is -0.120. The predicted octanol–water partition coefficient (Wildman–Crippen LogP) is 3.21. The summed E-state index contributed by atoms with van der Waals surface area (Å²) in [6.07, 6.45) is 12.6. The number of nitrogens with two attached hydrogens (primary N) is 2. The minimum absolute atomic E-state index is 0.216. The zero-order chi connectivity index (χ0) is 13.5. The summed E-state index contributed by atoms with van der Waals surface area (Å²) in [7, 11) is 0. The minimum Gasteiger partial charge on any atom is -0.381 e. The largest absolute Gasteiger partial charge is 0.381 e. The molecule has 0 amide bonds. The number of hydrogen-bond donors (Lipinski definition) is 2. The topological polar surface area (TPSA) is 61.3 Å². The van der Waals surface area contributed by atoms with Gasteiger partial charge in [0.25, 0.3) is 0 Å².